The van der Waals surface area contributed by atoms with Crippen LogP contribution < -0.4 is 11.3 Å². The van der Waals surface area contributed by atoms with Gasteiger partial charge in [0.15, 0.2) is 11.2 Å². The number of hydrogen-bond acceptors (Lipinski definition) is 7. The molecule has 0 spiro atoms. The van der Waals surface area contributed by atoms with E-state index in [0.717, 1.165) is 0 Å². The zero-order valence-corrected chi connectivity index (χ0v) is 11.5. The molecule has 0 radical (unpaired) electrons. The van der Waals surface area contributed by atoms with Crippen LogP contribution in [-0.4, -0.2) is 48.1 Å². The number of hydrogen-bond donors (Lipinski definition) is 3. The van der Waals surface area contributed by atoms with Gasteiger partial charge in [-0.05, 0) is 0 Å². The Bertz CT molecular complexity index is 724. The smallest absolute Gasteiger partial charge is 0.281 e. The standard InChI is InChI=1S/C12H17N5O4/c1-16-11(20)9-10(15-12(16)13)14-5-17(9)8-3-6(19)2-7(4-18)21-8/h5-8,18-19H,2-4H2,1H3,(H2,13,15). The second-order valence-corrected chi connectivity index (χ2v) is 5.18. The van der Waals surface area contributed by atoms with E-state index < -0.39 is 18.4 Å². The van der Waals surface area contributed by atoms with Gasteiger partial charge in [-0.2, -0.15) is 4.98 Å². The Hall–Kier alpha value is -1.97. The van der Waals surface area contributed by atoms with Crippen LogP contribution in [0.3, 0.4) is 0 Å². The largest absolute Gasteiger partial charge is 0.394 e. The molecule has 114 valence electrons. The third-order valence-corrected chi connectivity index (χ3v) is 3.72. The molecular formula is C12H17N5O4. The van der Waals surface area contributed by atoms with Gasteiger partial charge in [0.1, 0.15) is 6.23 Å². The Morgan fingerprint density at radius 2 is 2.29 bits per heavy atom. The summed E-state index contributed by atoms with van der Waals surface area (Å²) < 4.78 is 8.45. The molecule has 1 aliphatic rings. The van der Waals surface area contributed by atoms with Crippen LogP contribution in [0.25, 0.3) is 11.2 Å². The molecule has 2 aromatic rings. The van der Waals surface area contributed by atoms with Crippen molar-refractivity contribution in [3.05, 3.63) is 16.7 Å². The Kier molecular flexibility index (Phi) is 3.40. The lowest BCUT2D eigenvalue weighted by atomic mass is 10.0. The van der Waals surface area contributed by atoms with E-state index >= 15 is 0 Å². The first-order valence-corrected chi connectivity index (χ1v) is 6.64. The van der Waals surface area contributed by atoms with Crippen LogP contribution in [-0.2, 0) is 11.8 Å². The van der Waals surface area contributed by atoms with Gasteiger partial charge in [0.05, 0.1) is 25.1 Å². The third kappa shape index (κ3) is 2.28. The number of nitrogen functional groups attached to an aromatic ring is 1. The normalized spacial score (nSPS) is 26.3. The average molecular weight is 295 g/mol. The van der Waals surface area contributed by atoms with Crippen molar-refractivity contribution in [1.82, 2.24) is 19.1 Å². The molecule has 21 heavy (non-hydrogen) atoms. The first kappa shape index (κ1) is 14.0. The molecule has 1 aliphatic heterocycles. The van der Waals surface area contributed by atoms with E-state index in [1.165, 1.54) is 22.5 Å². The van der Waals surface area contributed by atoms with Crippen LogP contribution in [0.2, 0.25) is 0 Å². The van der Waals surface area contributed by atoms with E-state index in [-0.39, 0.29) is 29.3 Å². The Morgan fingerprint density at radius 1 is 1.52 bits per heavy atom. The maximum atomic E-state index is 12.3. The van der Waals surface area contributed by atoms with Gasteiger partial charge in [0.25, 0.3) is 5.56 Å². The first-order valence-electron chi connectivity index (χ1n) is 6.64. The number of aromatic nitrogens is 4. The van der Waals surface area contributed by atoms with E-state index in [4.69, 9.17) is 10.5 Å². The van der Waals surface area contributed by atoms with E-state index in [0.29, 0.717) is 12.8 Å². The summed E-state index contributed by atoms with van der Waals surface area (Å²) >= 11 is 0. The fourth-order valence-electron chi connectivity index (χ4n) is 2.57. The molecule has 1 fully saturated rings. The van der Waals surface area contributed by atoms with E-state index in [2.05, 4.69) is 9.97 Å². The molecule has 0 aliphatic carbocycles. The van der Waals surface area contributed by atoms with Crippen LogP contribution in [0.5, 0.6) is 0 Å². The molecular weight excluding hydrogens is 278 g/mol. The lowest BCUT2D eigenvalue weighted by Gasteiger charge is -2.32. The van der Waals surface area contributed by atoms with E-state index in [9.17, 15) is 15.0 Å². The summed E-state index contributed by atoms with van der Waals surface area (Å²) in [4.78, 5) is 20.4. The summed E-state index contributed by atoms with van der Waals surface area (Å²) in [5.74, 6) is 0.0792. The van der Waals surface area contributed by atoms with Crippen LogP contribution in [0.15, 0.2) is 11.1 Å². The first-order chi connectivity index (χ1) is 10.0. The molecule has 0 bridgehead atoms. The molecule has 9 nitrogen and oxygen atoms in total. The number of nitrogens with zero attached hydrogens (tertiary/aromatic N) is 4. The van der Waals surface area contributed by atoms with Gasteiger partial charge in [-0.15, -0.1) is 0 Å². The van der Waals surface area contributed by atoms with Crippen LogP contribution in [0, 0.1) is 0 Å². The predicted molar refractivity (Wildman–Crippen MR) is 73.4 cm³/mol. The van der Waals surface area contributed by atoms with Gasteiger partial charge < -0.3 is 20.7 Å². The third-order valence-electron chi connectivity index (χ3n) is 3.72. The molecule has 4 N–H and O–H groups in total. The van der Waals surface area contributed by atoms with Crippen molar-refractivity contribution in [1.29, 1.82) is 0 Å². The van der Waals surface area contributed by atoms with E-state index in [1.807, 2.05) is 0 Å². The Balaban J connectivity index is 2.09. The van der Waals surface area contributed by atoms with Crippen molar-refractivity contribution in [3.63, 3.8) is 0 Å². The van der Waals surface area contributed by atoms with Crippen LogP contribution in [0.1, 0.15) is 19.1 Å². The molecule has 0 amide bonds. The monoisotopic (exact) mass is 295 g/mol. The molecule has 3 unspecified atom stereocenters. The van der Waals surface area contributed by atoms with Crippen molar-refractivity contribution in [2.75, 3.05) is 12.3 Å². The van der Waals surface area contributed by atoms with Gasteiger partial charge in [-0.1, -0.05) is 0 Å². The lowest BCUT2D eigenvalue weighted by molar-refractivity contribution is -0.140. The zero-order chi connectivity index (χ0) is 15.1. The summed E-state index contributed by atoms with van der Waals surface area (Å²) in [5.41, 5.74) is 5.81. The number of anilines is 1. The highest BCUT2D eigenvalue weighted by atomic mass is 16.5. The molecule has 3 heterocycles. The highest BCUT2D eigenvalue weighted by Gasteiger charge is 2.30. The second-order valence-electron chi connectivity index (χ2n) is 5.18. The summed E-state index contributed by atoms with van der Waals surface area (Å²) in [5, 5.41) is 19.1. The van der Waals surface area contributed by atoms with Gasteiger partial charge in [0.2, 0.25) is 5.95 Å². The highest BCUT2D eigenvalue weighted by molar-refractivity contribution is 5.71. The summed E-state index contributed by atoms with van der Waals surface area (Å²) in [6.07, 6.45) is 0.466. The zero-order valence-electron chi connectivity index (χ0n) is 11.5. The summed E-state index contributed by atoms with van der Waals surface area (Å²) in [6.45, 7) is -0.191. The van der Waals surface area contributed by atoms with Gasteiger partial charge >= 0.3 is 0 Å². The number of rotatable bonds is 2. The molecule has 0 aromatic carbocycles. The maximum Gasteiger partial charge on any atom is 0.281 e. The molecule has 0 saturated carbocycles. The minimum absolute atomic E-state index is 0.0792. The van der Waals surface area contributed by atoms with Crippen LogP contribution in [0.4, 0.5) is 5.95 Å². The van der Waals surface area contributed by atoms with Gasteiger partial charge in [-0.3, -0.25) is 13.9 Å². The highest BCUT2D eigenvalue weighted by Crippen LogP contribution is 2.28. The van der Waals surface area contributed by atoms with Crippen molar-refractivity contribution < 1.29 is 14.9 Å². The van der Waals surface area contributed by atoms with Crippen molar-refractivity contribution >= 4 is 17.1 Å². The Morgan fingerprint density at radius 3 is 3.00 bits per heavy atom. The summed E-state index contributed by atoms with van der Waals surface area (Å²) in [6, 6.07) is 0. The maximum absolute atomic E-state index is 12.3. The van der Waals surface area contributed by atoms with Gasteiger partial charge in [-0.25, -0.2) is 4.98 Å². The van der Waals surface area contributed by atoms with Crippen molar-refractivity contribution in [2.45, 2.75) is 31.3 Å². The number of aliphatic hydroxyl groups is 2. The number of aliphatic hydroxyl groups excluding tert-OH is 2. The topological polar surface area (TPSA) is 128 Å². The predicted octanol–water partition coefficient (Wildman–Crippen LogP) is -1.26. The number of nitrogens with two attached hydrogens (primary N) is 1. The molecule has 2 aromatic heterocycles. The van der Waals surface area contributed by atoms with Crippen molar-refractivity contribution in [2.24, 2.45) is 7.05 Å². The minimum Gasteiger partial charge on any atom is -0.394 e. The van der Waals surface area contributed by atoms with Gasteiger partial charge in [0, 0.05) is 19.9 Å². The fourth-order valence-corrected chi connectivity index (χ4v) is 2.57. The van der Waals surface area contributed by atoms with E-state index in [1.54, 1.807) is 0 Å². The quantitative estimate of drug-likeness (QED) is 0.631. The summed E-state index contributed by atoms with van der Waals surface area (Å²) in [7, 11) is 1.52. The molecule has 1 saturated heterocycles. The number of fused-ring (bicyclic) bond motifs is 1. The Labute approximate surface area is 119 Å². The SMILES string of the molecule is Cn1c(N)nc2ncn(C3CC(O)CC(CO)O3)c2c1=O. The molecule has 9 heteroatoms. The average Bonchev–Trinajstić information content (AvgIpc) is 2.88. The minimum atomic E-state index is -0.607. The lowest BCUT2D eigenvalue weighted by Crippen LogP contribution is -2.36. The second kappa shape index (κ2) is 5.10. The van der Waals surface area contributed by atoms with Crippen LogP contribution >= 0.6 is 0 Å². The number of ether oxygens (including phenoxy) is 1. The molecule has 3 atom stereocenters. The number of imidazole rings is 1. The molecule has 3 rings (SSSR count). The fraction of sp³-hybridized carbons (Fsp3) is 0.583. The van der Waals surface area contributed by atoms with Crippen molar-refractivity contribution in [3.8, 4) is 0 Å².